The highest BCUT2D eigenvalue weighted by atomic mass is 32.1. The fourth-order valence-electron chi connectivity index (χ4n) is 3.73. The summed E-state index contributed by atoms with van der Waals surface area (Å²) in [6.45, 7) is 7.70. The van der Waals surface area contributed by atoms with Crippen molar-refractivity contribution >= 4 is 18.3 Å². The first kappa shape index (κ1) is 20.6. The number of anilines is 1. The molecular weight excluding hydrogens is 400 g/mol. The zero-order valence-electron chi connectivity index (χ0n) is 17.1. The van der Waals surface area contributed by atoms with Crippen molar-refractivity contribution < 1.29 is 14.9 Å². The number of hydrogen-bond donors (Lipinski definition) is 3. The molecule has 0 spiro atoms. The lowest BCUT2D eigenvalue weighted by atomic mass is 9.98. The van der Waals surface area contributed by atoms with Gasteiger partial charge in [-0.25, -0.2) is 0 Å². The lowest BCUT2D eigenvalue weighted by Crippen LogP contribution is -2.36. The van der Waals surface area contributed by atoms with Gasteiger partial charge in [0.1, 0.15) is 11.5 Å². The third-order valence-corrected chi connectivity index (χ3v) is 5.70. The van der Waals surface area contributed by atoms with Gasteiger partial charge in [-0.05, 0) is 35.2 Å². The van der Waals surface area contributed by atoms with Gasteiger partial charge in [0.15, 0.2) is 11.0 Å². The van der Waals surface area contributed by atoms with Crippen LogP contribution in [-0.2, 0) is 11.3 Å². The highest BCUT2D eigenvalue weighted by molar-refractivity contribution is 7.80. The Kier molecular flexibility index (Phi) is 5.87. The second-order valence-corrected chi connectivity index (χ2v) is 8.16. The van der Waals surface area contributed by atoms with Crippen LogP contribution in [0.15, 0.2) is 41.6 Å². The number of thiol groups is 1. The second kappa shape index (κ2) is 8.57. The number of nitrogens with zero attached hydrogens (tertiary/aromatic N) is 4. The molecule has 4 rings (SSSR count). The molecule has 2 N–H and O–H groups in total. The topological polar surface area (TPSA) is 83.6 Å². The molecule has 0 saturated carbocycles. The van der Waals surface area contributed by atoms with Crippen molar-refractivity contribution in [2.75, 3.05) is 31.2 Å². The third-order valence-electron chi connectivity index (χ3n) is 5.37. The van der Waals surface area contributed by atoms with Crippen LogP contribution in [0.4, 0.5) is 5.69 Å². The largest absolute Gasteiger partial charge is 0.508 e. The number of benzene rings is 2. The maximum Gasteiger partial charge on any atom is 0.188 e. The SMILES string of the molecule is CC(C)c1cc(-c2nnc(S)n2Cc2cccc(N3CCOCC3)c2)c(O)cc1O. The van der Waals surface area contributed by atoms with E-state index >= 15 is 0 Å². The molecule has 1 aliphatic heterocycles. The van der Waals surface area contributed by atoms with Crippen molar-refractivity contribution in [2.45, 2.75) is 31.5 Å². The van der Waals surface area contributed by atoms with Gasteiger partial charge in [0.2, 0.25) is 0 Å². The van der Waals surface area contributed by atoms with Gasteiger partial charge in [0, 0.05) is 24.8 Å². The number of rotatable bonds is 5. The van der Waals surface area contributed by atoms with Gasteiger partial charge < -0.3 is 19.8 Å². The lowest BCUT2D eigenvalue weighted by molar-refractivity contribution is 0.122. The van der Waals surface area contributed by atoms with Crippen LogP contribution in [-0.4, -0.2) is 51.3 Å². The van der Waals surface area contributed by atoms with Gasteiger partial charge in [-0.3, -0.25) is 4.57 Å². The molecule has 1 saturated heterocycles. The second-order valence-electron chi connectivity index (χ2n) is 7.76. The number of ether oxygens (including phenoxy) is 1. The quantitative estimate of drug-likeness (QED) is 0.540. The van der Waals surface area contributed by atoms with Crippen LogP contribution in [0.25, 0.3) is 11.4 Å². The van der Waals surface area contributed by atoms with E-state index in [0.717, 1.165) is 43.1 Å². The van der Waals surface area contributed by atoms with E-state index in [1.54, 1.807) is 6.07 Å². The highest BCUT2D eigenvalue weighted by Crippen LogP contribution is 2.37. The molecule has 158 valence electrons. The molecule has 0 unspecified atom stereocenters. The average Bonchev–Trinajstić information content (AvgIpc) is 3.09. The van der Waals surface area contributed by atoms with Crippen molar-refractivity contribution in [1.29, 1.82) is 0 Å². The zero-order chi connectivity index (χ0) is 21.3. The maximum atomic E-state index is 10.5. The fraction of sp³-hybridized carbons (Fsp3) is 0.364. The Morgan fingerprint density at radius 1 is 1.07 bits per heavy atom. The van der Waals surface area contributed by atoms with Crippen LogP contribution in [0.3, 0.4) is 0 Å². The van der Waals surface area contributed by atoms with Crippen LogP contribution in [0, 0.1) is 0 Å². The minimum Gasteiger partial charge on any atom is -0.508 e. The standard InChI is InChI=1S/C22H26N4O3S/c1-14(2)17-11-18(20(28)12-19(17)27)21-23-24-22(30)26(21)13-15-4-3-5-16(10-15)25-6-8-29-9-7-25/h3-5,10-12,14,27-28H,6-9,13H2,1-2H3,(H,24,30). The average molecular weight is 427 g/mol. The first-order chi connectivity index (χ1) is 14.4. The Balaban J connectivity index is 1.68. The summed E-state index contributed by atoms with van der Waals surface area (Å²) in [4.78, 5) is 2.31. The number of morpholine rings is 1. The number of aromatic nitrogens is 3. The summed E-state index contributed by atoms with van der Waals surface area (Å²) in [5, 5.41) is 29.5. The Bertz CT molecular complexity index is 1040. The molecule has 2 aromatic carbocycles. The molecule has 7 nitrogen and oxygen atoms in total. The van der Waals surface area contributed by atoms with E-state index in [0.29, 0.717) is 23.1 Å². The molecule has 0 radical (unpaired) electrons. The molecule has 3 aromatic rings. The van der Waals surface area contributed by atoms with Gasteiger partial charge in [0.25, 0.3) is 0 Å². The van der Waals surface area contributed by atoms with Crippen molar-refractivity contribution in [3.8, 4) is 22.9 Å². The molecule has 2 heterocycles. The smallest absolute Gasteiger partial charge is 0.188 e. The third kappa shape index (κ3) is 4.11. The van der Waals surface area contributed by atoms with Gasteiger partial charge in [-0.15, -0.1) is 22.8 Å². The molecule has 0 aliphatic carbocycles. The lowest BCUT2D eigenvalue weighted by Gasteiger charge is -2.29. The van der Waals surface area contributed by atoms with Crippen LogP contribution < -0.4 is 4.90 Å². The Hall–Kier alpha value is -2.71. The van der Waals surface area contributed by atoms with Gasteiger partial charge in [0.05, 0.1) is 25.3 Å². The minimum atomic E-state index is -0.0408. The monoisotopic (exact) mass is 426 g/mol. The number of aromatic hydroxyl groups is 2. The van der Waals surface area contributed by atoms with E-state index in [1.807, 2.05) is 24.5 Å². The summed E-state index contributed by atoms with van der Waals surface area (Å²) >= 11 is 4.48. The van der Waals surface area contributed by atoms with Crippen molar-refractivity contribution in [1.82, 2.24) is 14.8 Å². The summed E-state index contributed by atoms with van der Waals surface area (Å²) in [6, 6.07) is 11.5. The summed E-state index contributed by atoms with van der Waals surface area (Å²) in [5.41, 5.74) is 3.50. The van der Waals surface area contributed by atoms with Crippen molar-refractivity contribution in [2.24, 2.45) is 0 Å². The summed E-state index contributed by atoms with van der Waals surface area (Å²) in [7, 11) is 0. The molecule has 0 atom stereocenters. The summed E-state index contributed by atoms with van der Waals surface area (Å²) in [5.74, 6) is 0.639. The van der Waals surface area contributed by atoms with Crippen LogP contribution in [0.1, 0.15) is 30.9 Å². The van der Waals surface area contributed by atoms with E-state index in [-0.39, 0.29) is 17.4 Å². The first-order valence-electron chi connectivity index (χ1n) is 10.0. The van der Waals surface area contributed by atoms with E-state index in [9.17, 15) is 10.2 Å². The number of hydrogen-bond acceptors (Lipinski definition) is 7. The van der Waals surface area contributed by atoms with Crippen LogP contribution in [0.5, 0.6) is 11.5 Å². The Morgan fingerprint density at radius 2 is 1.83 bits per heavy atom. The van der Waals surface area contributed by atoms with Crippen molar-refractivity contribution in [3.05, 3.63) is 47.5 Å². The van der Waals surface area contributed by atoms with Crippen LogP contribution >= 0.6 is 12.6 Å². The molecule has 1 aliphatic rings. The van der Waals surface area contributed by atoms with Gasteiger partial charge in [-0.1, -0.05) is 26.0 Å². The predicted octanol–water partition coefficient (Wildman–Crippen LogP) is 3.65. The molecule has 0 bridgehead atoms. The number of phenolic OH excluding ortho intramolecular Hbond substituents is 2. The molecule has 8 heteroatoms. The number of phenols is 2. The maximum absolute atomic E-state index is 10.5. The van der Waals surface area contributed by atoms with Crippen LogP contribution in [0.2, 0.25) is 0 Å². The normalized spacial score (nSPS) is 14.5. The predicted molar refractivity (Wildman–Crippen MR) is 119 cm³/mol. The Labute approximate surface area is 181 Å². The highest BCUT2D eigenvalue weighted by Gasteiger charge is 2.19. The van der Waals surface area contributed by atoms with Gasteiger partial charge >= 0.3 is 0 Å². The first-order valence-corrected chi connectivity index (χ1v) is 10.5. The van der Waals surface area contributed by atoms with E-state index in [2.05, 4.69) is 45.9 Å². The zero-order valence-corrected chi connectivity index (χ0v) is 18.0. The molecule has 0 amide bonds. The fourth-order valence-corrected chi connectivity index (χ4v) is 3.94. The molecule has 1 aromatic heterocycles. The van der Waals surface area contributed by atoms with Crippen molar-refractivity contribution in [3.63, 3.8) is 0 Å². The summed E-state index contributed by atoms with van der Waals surface area (Å²) < 4.78 is 7.31. The van der Waals surface area contributed by atoms with E-state index < -0.39 is 0 Å². The molecule has 30 heavy (non-hydrogen) atoms. The summed E-state index contributed by atoms with van der Waals surface area (Å²) in [6.07, 6.45) is 0. The van der Waals surface area contributed by atoms with E-state index in [1.165, 1.54) is 6.07 Å². The molecular formula is C22H26N4O3S. The van der Waals surface area contributed by atoms with Gasteiger partial charge in [-0.2, -0.15) is 0 Å². The van der Waals surface area contributed by atoms with E-state index in [4.69, 9.17) is 4.74 Å². The molecule has 1 fully saturated rings. The Morgan fingerprint density at radius 3 is 2.57 bits per heavy atom. The minimum absolute atomic E-state index is 0.0408.